The van der Waals surface area contributed by atoms with Crippen molar-refractivity contribution in [2.45, 2.75) is 40.3 Å². The largest absolute Gasteiger partial charge is 0.330 e. The van der Waals surface area contributed by atoms with Crippen molar-refractivity contribution in [1.82, 2.24) is 19.0 Å². The number of hydrogen-bond acceptors (Lipinski definition) is 6. The molecule has 1 aromatic carbocycles. The Bertz CT molecular complexity index is 1400. The van der Waals surface area contributed by atoms with Gasteiger partial charge in [0, 0.05) is 50.0 Å². The Kier molecular flexibility index (Phi) is 6.68. The Balaban J connectivity index is 1.67. The van der Waals surface area contributed by atoms with Crippen LogP contribution in [-0.4, -0.2) is 47.5 Å². The lowest BCUT2D eigenvalue weighted by Gasteiger charge is -2.35. The Hall–Kier alpha value is -2.90. The van der Waals surface area contributed by atoms with E-state index in [2.05, 4.69) is 31.7 Å². The molecule has 8 nitrogen and oxygen atoms in total. The van der Waals surface area contributed by atoms with Gasteiger partial charge in [0.05, 0.1) is 22.8 Å². The van der Waals surface area contributed by atoms with Crippen molar-refractivity contribution in [1.29, 1.82) is 5.26 Å². The number of aromatic nitrogens is 3. The van der Waals surface area contributed by atoms with Gasteiger partial charge in [0.15, 0.2) is 5.65 Å². The van der Waals surface area contributed by atoms with Crippen LogP contribution in [-0.2, 0) is 20.1 Å². The molecule has 2 aromatic heterocycles. The maximum atomic E-state index is 12.9. The van der Waals surface area contributed by atoms with Gasteiger partial charge < -0.3 is 0 Å². The molecular formula is C26H33N5O3S. The van der Waals surface area contributed by atoms with Crippen LogP contribution in [0.5, 0.6) is 0 Å². The van der Waals surface area contributed by atoms with E-state index in [9.17, 15) is 19.2 Å². The third kappa shape index (κ3) is 5.36. The fraction of sp³-hybridized carbons (Fsp3) is 0.423. The van der Waals surface area contributed by atoms with Crippen LogP contribution in [0, 0.1) is 16.7 Å². The molecule has 4 rings (SSSR count). The van der Waals surface area contributed by atoms with Crippen molar-refractivity contribution in [2.75, 3.05) is 19.3 Å². The first-order valence-electron chi connectivity index (χ1n) is 11.6. The van der Waals surface area contributed by atoms with Gasteiger partial charge in [-0.25, -0.2) is 9.78 Å². The van der Waals surface area contributed by atoms with Gasteiger partial charge in [0.2, 0.25) is 0 Å². The van der Waals surface area contributed by atoms with E-state index in [0.717, 1.165) is 28.1 Å². The minimum atomic E-state index is -2.64. The molecule has 0 unspecified atom stereocenters. The summed E-state index contributed by atoms with van der Waals surface area (Å²) >= 11 is 0. The van der Waals surface area contributed by atoms with Crippen LogP contribution >= 0.6 is 10.6 Å². The van der Waals surface area contributed by atoms with Gasteiger partial charge in [-0.05, 0) is 41.7 Å². The van der Waals surface area contributed by atoms with Crippen LogP contribution in [0.1, 0.15) is 38.3 Å². The number of hydrogen-bond donors (Lipinski definition) is 2. The number of aryl methyl sites for hydroxylation is 1. The number of fused-ring (bicyclic) bond motifs is 1. The van der Waals surface area contributed by atoms with E-state index in [-0.39, 0.29) is 11.1 Å². The van der Waals surface area contributed by atoms with Crippen molar-refractivity contribution in [3.8, 4) is 17.3 Å². The Labute approximate surface area is 207 Å². The molecule has 0 spiro atoms. The number of nitrogens with zero attached hydrogens (tertiary/aromatic N) is 5. The molecule has 35 heavy (non-hydrogen) atoms. The van der Waals surface area contributed by atoms with Crippen molar-refractivity contribution >= 4 is 21.8 Å². The molecule has 1 aliphatic rings. The molecule has 0 atom stereocenters. The van der Waals surface area contributed by atoms with E-state index in [1.165, 1.54) is 6.26 Å². The summed E-state index contributed by atoms with van der Waals surface area (Å²) in [6, 6.07) is 11.8. The second kappa shape index (κ2) is 9.28. The molecule has 0 radical (unpaired) electrons. The Morgan fingerprint density at radius 3 is 2.54 bits per heavy atom. The van der Waals surface area contributed by atoms with Gasteiger partial charge in [-0.1, -0.05) is 32.9 Å². The smallest absolute Gasteiger partial charge is 0.295 e. The zero-order valence-electron chi connectivity index (χ0n) is 20.9. The summed E-state index contributed by atoms with van der Waals surface area (Å²) in [5, 5.41) is 9.74. The molecule has 3 aromatic rings. The summed E-state index contributed by atoms with van der Waals surface area (Å²) in [7, 11) is -0.915. The molecule has 186 valence electrons. The summed E-state index contributed by atoms with van der Waals surface area (Å²) in [5.74, 6) is 0. The lowest BCUT2D eigenvalue weighted by molar-refractivity contribution is 0.287. The highest BCUT2D eigenvalue weighted by Gasteiger charge is 2.21. The maximum absolute atomic E-state index is 12.9. The van der Waals surface area contributed by atoms with Crippen LogP contribution in [0.2, 0.25) is 0 Å². The number of nitriles is 1. The Morgan fingerprint density at radius 2 is 1.94 bits per heavy atom. The highest BCUT2D eigenvalue weighted by Crippen LogP contribution is 2.46. The molecule has 3 heterocycles. The van der Waals surface area contributed by atoms with Crippen LogP contribution in [0.4, 0.5) is 0 Å². The fourth-order valence-corrected chi connectivity index (χ4v) is 5.36. The SMILES string of the molecule is Cn1c(=O)n(CC(C)(C)C)c2ccc(-c3cc(CN4CC=C(S(C)(O)O)CC4)ccc3C#N)nc21. The quantitative estimate of drug-likeness (QED) is 0.527. The number of pyridine rings is 1. The predicted octanol–water partition coefficient (Wildman–Crippen LogP) is 4.79. The van der Waals surface area contributed by atoms with Crippen molar-refractivity contribution in [3.05, 3.63) is 62.9 Å². The monoisotopic (exact) mass is 495 g/mol. The van der Waals surface area contributed by atoms with Gasteiger partial charge in [-0.15, -0.1) is 0 Å². The van der Waals surface area contributed by atoms with Crippen molar-refractivity contribution < 1.29 is 9.11 Å². The molecule has 0 saturated carbocycles. The van der Waals surface area contributed by atoms with Gasteiger partial charge in [0.25, 0.3) is 0 Å². The zero-order chi connectivity index (χ0) is 25.5. The standard InChI is InChI=1S/C26H33N5O3S/c1-26(2,3)17-31-23-9-8-22(28-24(23)29(4)25(31)32)21-14-18(6-7-19(21)15-27)16-30-12-10-20(11-13-30)35(5,33)34/h6-10,14,33-34H,11-13,16-17H2,1-5H3. The van der Waals surface area contributed by atoms with Crippen molar-refractivity contribution in [2.24, 2.45) is 12.5 Å². The number of imidazole rings is 1. The molecule has 0 bridgehead atoms. The predicted molar refractivity (Wildman–Crippen MR) is 141 cm³/mol. The zero-order valence-corrected chi connectivity index (χ0v) is 21.8. The first kappa shape index (κ1) is 25.2. The molecular weight excluding hydrogens is 462 g/mol. The van der Waals surface area contributed by atoms with Crippen molar-refractivity contribution in [3.63, 3.8) is 0 Å². The summed E-state index contributed by atoms with van der Waals surface area (Å²) in [6.07, 6.45) is 4.00. The third-order valence-electron chi connectivity index (χ3n) is 6.25. The summed E-state index contributed by atoms with van der Waals surface area (Å²) in [6.45, 7) is 8.92. The van der Waals surface area contributed by atoms with E-state index in [0.29, 0.717) is 43.0 Å². The van der Waals surface area contributed by atoms with Crippen LogP contribution < -0.4 is 5.69 Å². The normalized spacial score (nSPS) is 15.8. The first-order chi connectivity index (χ1) is 16.4. The first-order valence-corrected chi connectivity index (χ1v) is 13.6. The average Bonchev–Trinajstić information content (AvgIpc) is 3.02. The highest BCUT2D eigenvalue weighted by molar-refractivity contribution is 8.27. The molecule has 2 N–H and O–H groups in total. The molecule has 9 heteroatoms. The molecule has 0 aliphatic carbocycles. The van der Waals surface area contributed by atoms with Crippen LogP contribution in [0.15, 0.2) is 46.1 Å². The van der Waals surface area contributed by atoms with E-state index in [1.807, 2.05) is 36.4 Å². The van der Waals surface area contributed by atoms with Gasteiger partial charge in [-0.2, -0.15) is 15.9 Å². The minimum Gasteiger partial charge on any atom is -0.295 e. The fourth-order valence-electron chi connectivity index (χ4n) is 4.50. The van der Waals surface area contributed by atoms with Gasteiger partial charge >= 0.3 is 5.69 Å². The van der Waals surface area contributed by atoms with E-state index in [4.69, 9.17) is 4.98 Å². The topological polar surface area (TPSA) is 107 Å². The third-order valence-corrected chi connectivity index (χ3v) is 7.61. The highest BCUT2D eigenvalue weighted by atomic mass is 32.3. The lowest BCUT2D eigenvalue weighted by atomic mass is 9.97. The summed E-state index contributed by atoms with van der Waals surface area (Å²) in [4.78, 5) is 20.6. The Morgan fingerprint density at radius 1 is 1.20 bits per heavy atom. The molecule has 1 aliphatic heterocycles. The summed E-state index contributed by atoms with van der Waals surface area (Å²) < 4.78 is 23.1. The maximum Gasteiger partial charge on any atom is 0.330 e. The van der Waals surface area contributed by atoms with E-state index >= 15 is 0 Å². The summed E-state index contributed by atoms with van der Waals surface area (Å²) in [5.41, 5.74) is 4.18. The van der Waals surface area contributed by atoms with Crippen LogP contribution in [0.3, 0.4) is 0 Å². The lowest BCUT2D eigenvalue weighted by Crippen LogP contribution is -2.29. The molecule has 0 saturated heterocycles. The van der Waals surface area contributed by atoms with Crippen LogP contribution in [0.25, 0.3) is 22.4 Å². The minimum absolute atomic E-state index is 0.0578. The molecule has 0 amide bonds. The number of benzene rings is 1. The second-order valence-electron chi connectivity index (χ2n) is 10.5. The second-order valence-corrected chi connectivity index (χ2v) is 12.7. The van der Waals surface area contributed by atoms with E-state index in [1.54, 1.807) is 16.2 Å². The van der Waals surface area contributed by atoms with Gasteiger partial charge in [-0.3, -0.25) is 23.1 Å². The van der Waals surface area contributed by atoms with Gasteiger partial charge in [0.1, 0.15) is 0 Å². The average molecular weight is 496 g/mol. The van der Waals surface area contributed by atoms with E-state index < -0.39 is 10.6 Å². The number of rotatable bonds is 5. The molecule has 0 fully saturated rings.